The fourth-order valence-electron chi connectivity index (χ4n) is 5.04. The molecular weight excluding hydrogens is 536 g/mol. The van der Waals surface area contributed by atoms with E-state index in [9.17, 15) is 25.0 Å². The fraction of sp³-hybridized carbons (Fsp3) is 0.333. The Hall–Kier alpha value is -4.52. The number of piperazine rings is 1. The Bertz CT molecular complexity index is 1440. The smallest absolute Gasteiger partial charge is 0.293 e. The van der Waals surface area contributed by atoms with Crippen LogP contribution in [0, 0.1) is 20.2 Å². The van der Waals surface area contributed by atoms with Crippen molar-refractivity contribution in [3.05, 3.63) is 80.6 Å². The van der Waals surface area contributed by atoms with E-state index in [1.165, 1.54) is 18.2 Å². The summed E-state index contributed by atoms with van der Waals surface area (Å²) in [5.41, 5.74) is 2.12. The van der Waals surface area contributed by atoms with Gasteiger partial charge in [0.25, 0.3) is 17.3 Å². The summed E-state index contributed by atoms with van der Waals surface area (Å²) in [6.45, 7) is 4.01. The maximum absolute atomic E-state index is 12.8. The molecule has 2 saturated heterocycles. The standard InChI is InChI=1S/C27H28N6O6S/c34-26(25-10-9-24(39-25)19-5-4-6-21(17-19)32(35)36)28-27(40)31-15-13-29(14-16-31)20-7-8-22(33(37)38)23(18-20)30-11-2-1-3-12-30/h4-10,17-18H,1-3,11-16H2,(H,28,34,40). The number of benzene rings is 2. The first-order valence-corrected chi connectivity index (χ1v) is 13.4. The lowest BCUT2D eigenvalue weighted by Gasteiger charge is -2.37. The van der Waals surface area contributed by atoms with E-state index in [4.69, 9.17) is 16.6 Å². The molecule has 0 aliphatic carbocycles. The number of hydrogen-bond donors (Lipinski definition) is 1. The number of hydrogen-bond acceptors (Lipinski definition) is 9. The van der Waals surface area contributed by atoms with Crippen molar-refractivity contribution in [3.63, 3.8) is 0 Å². The lowest BCUT2D eigenvalue weighted by atomic mass is 10.1. The van der Waals surface area contributed by atoms with Crippen LogP contribution in [-0.4, -0.2) is 65.0 Å². The van der Waals surface area contributed by atoms with E-state index < -0.39 is 10.8 Å². The third kappa shape index (κ3) is 5.88. The van der Waals surface area contributed by atoms with Crippen molar-refractivity contribution in [1.29, 1.82) is 0 Å². The minimum absolute atomic E-state index is 0.0404. The van der Waals surface area contributed by atoms with E-state index in [1.54, 1.807) is 30.3 Å². The molecule has 5 rings (SSSR count). The van der Waals surface area contributed by atoms with E-state index in [0.29, 0.717) is 43.2 Å². The monoisotopic (exact) mass is 564 g/mol. The van der Waals surface area contributed by atoms with Crippen molar-refractivity contribution in [2.75, 3.05) is 49.1 Å². The van der Waals surface area contributed by atoms with Gasteiger partial charge in [-0.3, -0.25) is 30.3 Å². The summed E-state index contributed by atoms with van der Waals surface area (Å²) in [5, 5.41) is 25.7. The number of nitrogens with zero attached hydrogens (tertiary/aromatic N) is 5. The predicted octanol–water partition coefficient (Wildman–Crippen LogP) is 4.59. The average molecular weight is 565 g/mol. The van der Waals surface area contributed by atoms with Gasteiger partial charge < -0.3 is 19.1 Å². The zero-order chi connectivity index (χ0) is 28.2. The molecule has 1 aromatic heterocycles. The first-order chi connectivity index (χ1) is 19.3. The van der Waals surface area contributed by atoms with Gasteiger partial charge in [-0.25, -0.2) is 0 Å². The number of rotatable bonds is 6. The van der Waals surface area contributed by atoms with Crippen LogP contribution in [0.2, 0.25) is 0 Å². The number of nitro benzene ring substituents is 2. The van der Waals surface area contributed by atoms with Crippen LogP contribution in [0.5, 0.6) is 0 Å². The fourth-order valence-corrected chi connectivity index (χ4v) is 5.32. The minimum Gasteiger partial charge on any atom is -0.451 e. The first-order valence-electron chi connectivity index (χ1n) is 13.0. The summed E-state index contributed by atoms with van der Waals surface area (Å²) in [4.78, 5) is 40.8. The highest BCUT2D eigenvalue weighted by molar-refractivity contribution is 7.80. The number of thiocarbonyl (C=S) groups is 1. The number of nitro groups is 2. The van der Waals surface area contributed by atoms with E-state index in [0.717, 1.165) is 38.0 Å². The molecule has 0 bridgehead atoms. The van der Waals surface area contributed by atoms with Crippen LogP contribution in [0.1, 0.15) is 29.8 Å². The molecule has 2 aromatic carbocycles. The molecule has 2 fully saturated rings. The van der Waals surface area contributed by atoms with Crippen LogP contribution in [0.4, 0.5) is 22.7 Å². The van der Waals surface area contributed by atoms with Gasteiger partial charge in [0.05, 0.1) is 9.85 Å². The van der Waals surface area contributed by atoms with Gasteiger partial charge in [0, 0.05) is 68.7 Å². The van der Waals surface area contributed by atoms with Gasteiger partial charge in [0.15, 0.2) is 10.9 Å². The Morgan fingerprint density at radius 3 is 2.30 bits per heavy atom. The summed E-state index contributed by atoms with van der Waals surface area (Å²) < 4.78 is 5.64. The molecule has 0 radical (unpaired) electrons. The molecule has 40 heavy (non-hydrogen) atoms. The van der Waals surface area contributed by atoms with Crippen molar-refractivity contribution in [2.24, 2.45) is 0 Å². The highest BCUT2D eigenvalue weighted by Gasteiger charge is 2.26. The topological polar surface area (TPSA) is 138 Å². The zero-order valence-electron chi connectivity index (χ0n) is 21.7. The Morgan fingerprint density at radius 2 is 1.60 bits per heavy atom. The number of piperidine rings is 1. The number of carbonyl (C=O) groups is 1. The van der Waals surface area contributed by atoms with Gasteiger partial charge in [-0.15, -0.1) is 0 Å². The normalized spacial score (nSPS) is 15.6. The molecule has 3 aromatic rings. The summed E-state index contributed by atoms with van der Waals surface area (Å²) >= 11 is 5.48. The summed E-state index contributed by atoms with van der Waals surface area (Å²) in [5.74, 6) is -0.135. The van der Waals surface area contributed by atoms with Gasteiger partial charge in [0.2, 0.25) is 0 Å². The average Bonchev–Trinajstić information content (AvgIpc) is 3.48. The van der Waals surface area contributed by atoms with Gasteiger partial charge in [0.1, 0.15) is 11.4 Å². The second kappa shape index (κ2) is 11.7. The summed E-state index contributed by atoms with van der Waals surface area (Å²) in [6, 6.07) is 14.3. The van der Waals surface area contributed by atoms with Crippen molar-refractivity contribution in [2.45, 2.75) is 19.3 Å². The number of nitrogens with one attached hydrogen (secondary N) is 1. The van der Waals surface area contributed by atoms with Crippen molar-refractivity contribution in [3.8, 4) is 11.3 Å². The maximum Gasteiger partial charge on any atom is 0.293 e. The quantitative estimate of drug-likeness (QED) is 0.257. The third-order valence-corrected chi connectivity index (χ3v) is 7.54. The van der Waals surface area contributed by atoms with Crippen LogP contribution in [-0.2, 0) is 0 Å². The van der Waals surface area contributed by atoms with E-state index in [2.05, 4.69) is 15.1 Å². The molecule has 2 aliphatic heterocycles. The number of amides is 1. The Kier molecular flexibility index (Phi) is 7.91. The van der Waals surface area contributed by atoms with Crippen molar-refractivity contribution < 1.29 is 19.1 Å². The summed E-state index contributed by atoms with van der Waals surface area (Å²) in [7, 11) is 0. The van der Waals surface area contributed by atoms with Crippen molar-refractivity contribution in [1.82, 2.24) is 10.2 Å². The molecule has 3 heterocycles. The molecule has 1 N–H and O–H groups in total. The molecule has 0 saturated carbocycles. The number of carbonyl (C=O) groups excluding carboxylic acids is 1. The van der Waals surface area contributed by atoms with Crippen LogP contribution >= 0.6 is 12.2 Å². The van der Waals surface area contributed by atoms with Crippen LogP contribution in [0.15, 0.2) is 59.0 Å². The first kappa shape index (κ1) is 27.1. The third-order valence-electron chi connectivity index (χ3n) is 7.18. The number of anilines is 2. The zero-order valence-corrected chi connectivity index (χ0v) is 22.5. The van der Waals surface area contributed by atoms with E-state index in [-0.39, 0.29) is 27.2 Å². The summed E-state index contributed by atoms with van der Waals surface area (Å²) in [6.07, 6.45) is 3.19. The van der Waals surface area contributed by atoms with Crippen LogP contribution < -0.4 is 15.1 Å². The highest BCUT2D eigenvalue weighted by atomic mass is 32.1. The maximum atomic E-state index is 12.8. The lowest BCUT2D eigenvalue weighted by Crippen LogP contribution is -2.52. The van der Waals surface area contributed by atoms with Crippen LogP contribution in [0.3, 0.4) is 0 Å². The Morgan fingerprint density at radius 1 is 0.850 bits per heavy atom. The van der Waals surface area contributed by atoms with Gasteiger partial charge in [-0.2, -0.15) is 0 Å². The molecule has 1 amide bonds. The highest BCUT2D eigenvalue weighted by Crippen LogP contribution is 2.34. The number of furan rings is 1. The van der Waals surface area contributed by atoms with Gasteiger partial charge in [-0.05, 0) is 55.7 Å². The van der Waals surface area contributed by atoms with Gasteiger partial charge in [-0.1, -0.05) is 12.1 Å². The van der Waals surface area contributed by atoms with Gasteiger partial charge >= 0.3 is 0 Å². The van der Waals surface area contributed by atoms with E-state index >= 15 is 0 Å². The molecule has 2 aliphatic rings. The van der Waals surface area contributed by atoms with Crippen LogP contribution in [0.25, 0.3) is 11.3 Å². The second-order valence-corrected chi connectivity index (χ2v) is 10.1. The number of non-ortho nitro benzene ring substituents is 1. The van der Waals surface area contributed by atoms with E-state index in [1.807, 2.05) is 11.0 Å². The molecular formula is C27H28N6O6S. The molecule has 0 spiro atoms. The predicted molar refractivity (Wildman–Crippen MR) is 154 cm³/mol. The molecule has 0 atom stereocenters. The molecule has 208 valence electrons. The lowest BCUT2D eigenvalue weighted by molar-refractivity contribution is -0.384. The Balaban J connectivity index is 1.19. The SMILES string of the molecule is O=C(NC(=S)N1CCN(c2ccc([N+](=O)[O-])c(N3CCCCC3)c2)CC1)c1ccc(-c2cccc([N+](=O)[O-])c2)o1. The second-order valence-electron chi connectivity index (χ2n) is 9.68. The largest absolute Gasteiger partial charge is 0.451 e. The minimum atomic E-state index is -0.509. The molecule has 13 heteroatoms. The van der Waals surface area contributed by atoms with Crippen molar-refractivity contribution >= 4 is 46.0 Å². The Labute approximate surface area is 235 Å². The molecule has 0 unspecified atom stereocenters. The molecule has 12 nitrogen and oxygen atoms in total.